The van der Waals surface area contributed by atoms with E-state index < -0.39 is 0 Å². The van der Waals surface area contributed by atoms with Crippen molar-refractivity contribution >= 4 is 17.0 Å². The van der Waals surface area contributed by atoms with Gasteiger partial charge in [0.2, 0.25) is 0 Å². The largest absolute Gasteiger partial charge is 0.466 e. The molecular formula is C15H21N3O2. The third kappa shape index (κ3) is 3.81. The van der Waals surface area contributed by atoms with Crippen molar-refractivity contribution in [2.45, 2.75) is 26.8 Å². The lowest BCUT2D eigenvalue weighted by molar-refractivity contribution is -0.143. The van der Waals surface area contributed by atoms with Crippen molar-refractivity contribution in [2.75, 3.05) is 20.2 Å². The molecule has 0 aliphatic rings. The molecule has 0 amide bonds. The van der Waals surface area contributed by atoms with E-state index in [2.05, 4.69) is 33.9 Å². The molecule has 1 aromatic carbocycles. The van der Waals surface area contributed by atoms with E-state index in [0.29, 0.717) is 26.1 Å². The van der Waals surface area contributed by atoms with E-state index in [1.165, 1.54) is 5.56 Å². The first-order chi connectivity index (χ1) is 9.58. The number of aromatic amines is 1. The normalized spacial score (nSPS) is 11.2. The Morgan fingerprint density at radius 1 is 1.45 bits per heavy atom. The average molecular weight is 275 g/mol. The standard InChI is InChI=1S/C15H21N3O2/c1-4-20-15(19)7-8-18(3)10-14-16-12-6-5-11(2)9-13(12)17-14/h5-6,9H,4,7-8,10H2,1-3H3,(H,16,17). The van der Waals surface area contributed by atoms with Crippen molar-refractivity contribution in [1.29, 1.82) is 0 Å². The summed E-state index contributed by atoms with van der Waals surface area (Å²) in [5.41, 5.74) is 3.24. The molecule has 0 aliphatic heterocycles. The number of imidazole rings is 1. The highest BCUT2D eigenvalue weighted by molar-refractivity contribution is 5.75. The minimum Gasteiger partial charge on any atom is -0.466 e. The van der Waals surface area contributed by atoms with Gasteiger partial charge in [0.1, 0.15) is 5.82 Å². The first-order valence-electron chi connectivity index (χ1n) is 6.88. The highest BCUT2D eigenvalue weighted by Crippen LogP contribution is 2.14. The lowest BCUT2D eigenvalue weighted by atomic mass is 10.2. The minimum atomic E-state index is -0.153. The molecule has 0 aliphatic carbocycles. The summed E-state index contributed by atoms with van der Waals surface area (Å²) in [5, 5.41) is 0. The second-order valence-electron chi connectivity index (χ2n) is 5.00. The summed E-state index contributed by atoms with van der Waals surface area (Å²) >= 11 is 0. The van der Waals surface area contributed by atoms with Gasteiger partial charge in [0.15, 0.2) is 0 Å². The van der Waals surface area contributed by atoms with Crippen LogP contribution in [-0.4, -0.2) is 41.0 Å². The van der Waals surface area contributed by atoms with Crippen LogP contribution in [0.1, 0.15) is 24.7 Å². The third-order valence-corrected chi connectivity index (χ3v) is 3.11. The fourth-order valence-electron chi connectivity index (χ4n) is 2.10. The lowest BCUT2D eigenvalue weighted by Crippen LogP contribution is -2.22. The maximum atomic E-state index is 11.3. The second-order valence-corrected chi connectivity index (χ2v) is 5.00. The van der Waals surface area contributed by atoms with E-state index in [4.69, 9.17) is 4.74 Å². The van der Waals surface area contributed by atoms with Gasteiger partial charge in [-0.15, -0.1) is 0 Å². The van der Waals surface area contributed by atoms with Crippen molar-refractivity contribution in [3.05, 3.63) is 29.6 Å². The molecule has 0 bridgehead atoms. The van der Waals surface area contributed by atoms with Crippen molar-refractivity contribution in [3.63, 3.8) is 0 Å². The molecule has 0 saturated heterocycles. The van der Waals surface area contributed by atoms with E-state index in [1.807, 2.05) is 20.0 Å². The Hall–Kier alpha value is -1.88. The van der Waals surface area contributed by atoms with Crippen LogP contribution in [0.15, 0.2) is 18.2 Å². The number of rotatable bonds is 6. The number of ether oxygens (including phenoxy) is 1. The number of hydrogen-bond donors (Lipinski definition) is 1. The van der Waals surface area contributed by atoms with Gasteiger partial charge in [-0.05, 0) is 38.6 Å². The van der Waals surface area contributed by atoms with Crippen molar-refractivity contribution in [2.24, 2.45) is 0 Å². The Balaban J connectivity index is 1.92. The number of H-pyrrole nitrogens is 1. The summed E-state index contributed by atoms with van der Waals surface area (Å²) < 4.78 is 4.91. The van der Waals surface area contributed by atoms with Gasteiger partial charge in [-0.25, -0.2) is 4.98 Å². The van der Waals surface area contributed by atoms with Gasteiger partial charge < -0.3 is 9.72 Å². The third-order valence-electron chi connectivity index (χ3n) is 3.11. The van der Waals surface area contributed by atoms with Gasteiger partial charge in [0, 0.05) is 6.54 Å². The summed E-state index contributed by atoms with van der Waals surface area (Å²) in [6.07, 6.45) is 0.406. The fourth-order valence-corrected chi connectivity index (χ4v) is 2.10. The molecule has 0 saturated carbocycles. The maximum absolute atomic E-state index is 11.3. The van der Waals surface area contributed by atoms with Gasteiger partial charge in [-0.2, -0.15) is 0 Å². The van der Waals surface area contributed by atoms with E-state index >= 15 is 0 Å². The number of carbonyl (C=O) groups excluding carboxylic acids is 1. The molecule has 1 aromatic heterocycles. The molecule has 108 valence electrons. The summed E-state index contributed by atoms with van der Waals surface area (Å²) in [7, 11) is 1.97. The molecule has 0 radical (unpaired) electrons. The number of carbonyl (C=O) groups is 1. The van der Waals surface area contributed by atoms with Gasteiger partial charge in [0.05, 0.1) is 30.6 Å². The van der Waals surface area contributed by atoms with Gasteiger partial charge in [0.25, 0.3) is 0 Å². The van der Waals surface area contributed by atoms with Crippen LogP contribution >= 0.6 is 0 Å². The molecule has 1 heterocycles. The average Bonchev–Trinajstić information content (AvgIpc) is 2.78. The molecule has 2 aromatic rings. The first-order valence-corrected chi connectivity index (χ1v) is 6.88. The van der Waals surface area contributed by atoms with Crippen LogP contribution in [0.5, 0.6) is 0 Å². The van der Waals surface area contributed by atoms with Gasteiger partial charge in [-0.1, -0.05) is 6.07 Å². The number of esters is 1. The van der Waals surface area contributed by atoms with Gasteiger partial charge >= 0.3 is 5.97 Å². The quantitative estimate of drug-likeness (QED) is 0.822. The summed E-state index contributed by atoms with van der Waals surface area (Å²) in [6, 6.07) is 6.16. The molecular weight excluding hydrogens is 254 g/mol. The number of aryl methyl sites for hydroxylation is 1. The van der Waals surface area contributed by atoms with Crippen molar-refractivity contribution in [1.82, 2.24) is 14.9 Å². The fraction of sp³-hybridized carbons (Fsp3) is 0.467. The molecule has 0 fully saturated rings. The Bertz CT molecular complexity index is 592. The Morgan fingerprint density at radius 2 is 2.25 bits per heavy atom. The van der Waals surface area contributed by atoms with Crippen LogP contribution in [0.3, 0.4) is 0 Å². The number of hydrogen-bond acceptors (Lipinski definition) is 4. The summed E-state index contributed by atoms with van der Waals surface area (Å²) in [4.78, 5) is 21.2. The molecule has 0 atom stereocenters. The van der Waals surface area contributed by atoms with Crippen LogP contribution in [0.2, 0.25) is 0 Å². The minimum absolute atomic E-state index is 0.153. The number of aromatic nitrogens is 2. The van der Waals surface area contributed by atoms with Crippen LogP contribution in [-0.2, 0) is 16.1 Å². The summed E-state index contributed by atoms with van der Waals surface area (Å²) in [5.74, 6) is 0.761. The smallest absolute Gasteiger partial charge is 0.307 e. The van der Waals surface area contributed by atoms with E-state index in [0.717, 1.165) is 16.9 Å². The lowest BCUT2D eigenvalue weighted by Gasteiger charge is -2.14. The molecule has 0 spiro atoms. The zero-order valence-corrected chi connectivity index (χ0v) is 12.3. The topological polar surface area (TPSA) is 58.2 Å². The van der Waals surface area contributed by atoms with Crippen LogP contribution in [0.4, 0.5) is 0 Å². The Kier molecular flexibility index (Phi) is 4.74. The van der Waals surface area contributed by atoms with Crippen LogP contribution in [0.25, 0.3) is 11.0 Å². The SMILES string of the molecule is CCOC(=O)CCN(C)Cc1nc2ccc(C)cc2[nH]1. The Labute approximate surface area is 118 Å². The highest BCUT2D eigenvalue weighted by atomic mass is 16.5. The number of benzene rings is 1. The van der Waals surface area contributed by atoms with E-state index in [-0.39, 0.29) is 5.97 Å². The second kappa shape index (κ2) is 6.52. The monoisotopic (exact) mass is 275 g/mol. The first kappa shape index (κ1) is 14.5. The predicted octanol–water partition coefficient (Wildman–Crippen LogP) is 2.26. The zero-order chi connectivity index (χ0) is 14.5. The van der Waals surface area contributed by atoms with Crippen molar-refractivity contribution < 1.29 is 9.53 Å². The number of nitrogens with zero attached hydrogens (tertiary/aromatic N) is 2. The summed E-state index contributed by atoms with van der Waals surface area (Å²) in [6.45, 7) is 5.66. The molecule has 5 heteroatoms. The Morgan fingerprint density at radius 3 is 3.00 bits per heavy atom. The van der Waals surface area contributed by atoms with Crippen LogP contribution in [0, 0.1) is 6.92 Å². The highest BCUT2D eigenvalue weighted by Gasteiger charge is 2.08. The van der Waals surface area contributed by atoms with Gasteiger partial charge in [-0.3, -0.25) is 9.69 Å². The van der Waals surface area contributed by atoms with E-state index in [9.17, 15) is 4.79 Å². The zero-order valence-electron chi connectivity index (χ0n) is 12.3. The molecule has 0 unspecified atom stereocenters. The predicted molar refractivity (Wildman–Crippen MR) is 78.4 cm³/mol. The van der Waals surface area contributed by atoms with Crippen LogP contribution < -0.4 is 0 Å². The molecule has 20 heavy (non-hydrogen) atoms. The van der Waals surface area contributed by atoms with Crippen molar-refractivity contribution in [3.8, 4) is 0 Å². The molecule has 5 nitrogen and oxygen atoms in total. The molecule has 2 rings (SSSR count). The van der Waals surface area contributed by atoms with E-state index in [1.54, 1.807) is 0 Å². The maximum Gasteiger partial charge on any atom is 0.307 e. The number of fused-ring (bicyclic) bond motifs is 1. The molecule has 1 N–H and O–H groups in total. The number of nitrogens with one attached hydrogen (secondary N) is 1.